The molecule has 72 valence electrons. The largest absolute Gasteiger partial charge is 0.508 e. The van der Waals surface area contributed by atoms with Gasteiger partial charge in [0.2, 0.25) is 0 Å². The Labute approximate surface area is 76.6 Å². The fourth-order valence-electron chi connectivity index (χ4n) is 1.15. The maximum Gasteiger partial charge on any atom is 0.126 e. The van der Waals surface area contributed by atoms with E-state index in [1.165, 1.54) is 19.1 Å². The van der Waals surface area contributed by atoms with Crippen molar-refractivity contribution in [1.29, 1.82) is 0 Å². The van der Waals surface area contributed by atoms with Crippen LogP contribution in [0, 0.1) is 0 Å². The van der Waals surface area contributed by atoms with Crippen LogP contribution in [0.1, 0.15) is 37.3 Å². The summed E-state index contributed by atoms with van der Waals surface area (Å²) in [5.41, 5.74) is 0.829. The Morgan fingerprint density at radius 1 is 1.31 bits per heavy atom. The minimum absolute atomic E-state index is 0.0700. The van der Waals surface area contributed by atoms with Crippen LogP contribution in [0.25, 0.3) is 0 Å². The average molecular weight is 184 g/mol. The third kappa shape index (κ3) is 2.18. The van der Waals surface area contributed by atoms with E-state index < -0.39 is 12.3 Å². The standard InChI is InChI=1S/C10H13FO2/c1-6(11)9-5-8(7(2)12)3-4-10(9)13/h3-7,12-13H,1-2H3. The summed E-state index contributed by atoms with van der Waals surface area (Å²) in [5.74, 6) is -0.0700. The molecule has 0 saturated heterocycles. The number of rotatable bonds is 2. The Morgan fingerprint density at radius 2 is 1.92 bits per heavy atom. The summed E-state index contributed by atoms with van der Waals surface area (Å²) in [6.45, 7) is 2.94. The van der Waals surface area contributed by atoms with Gasteiger partial charge in [0.15, 0.2) is 0 Å². The number of hydrogen-bond acceptors (Lipinski definition) is 2. The van der Waals surface area contributed by atoms with Crippen molar-refractivity contribution < 1.29 is 14.6 Å². The first kappa shape index (κ1) is 9.99. The van der Waals surface area contributed by atoms with Gasteiger partial charge in [-0.15, -0.1) is 0 Å². The number of aliphatic hydroxyl groups is 1. The van der Waals surface area contributed by atoms with Gasteiger partial charge in [0.25, 0.3) is 0 Å². The van der Waals surface area contributed by atoms with Crippen LogP contribution in [0.4, 0.5) is 4.39 Å². The number of halogens is 1. The minimum Gasteiger partial charge on any atom is -0.508 e. The summed E-state index contributed by atoms with van der Waals surface area (Å²) in [4.78, 5) is 0. The molecule has 0 aliphatic rings. The fraction of sp³-hybridized carbons (Fsp3) is 0.400. The summed E-state index contributed by atoms with van der Waals surface area (Å²) >= 11 is 0. The van der Waals surface area contributed by atoms with Gasteiger partial charge in [0, 0.05) is 5.56 Å². The zero-order valence-corrected chi connectivity index (χ0v) is 7.66. The van der Waals surface area contributed by atoms with Gasteiger partial charge in [-0.3, -0.25) is 0 Å². The third-order valence-corrected chi connectivity index (χ3v) is 1.96. The molecular weight excluding hydrogens is 171 g/mol. The number of alkyl halides is 1. The lowest BCUT2D eigenvalue weighted by atomic mass is 10.0. The van der Waals surface area contributed by atoms with Crippen LogP contribution < -0.4 is 0 Å². The van der Waals surface area contributed by atoms with Crippen molar-refractivity contribution >= 4 is 0 Å². The van der Waals surface area contributed by atoms with E-state index in [4.69, 9.17) is 0 Å². The molecular formula is C10H13FO2. The monoisotopic (exact) mass is 184 g/mol. The molecule has 0 amide bonds. The molecule has 2 atom stereocenters. The third-order valence-electron chi connectivity index (χ3n) is 1.96. The minimum atomic E-state index is -1.22. The fourth-order valence-corrected chi connectivity index (χ4v) is 1.15. The van der Waals surface area contributed by atoms with Gasteiger partial charge in [-0.25, -0.2) is 4.39 Å². The van der Waals surface area contributed by atoms with Crippen molar-refractivity contribution in [2.45, 2.75) is 26.1 Å². The van der Waals surface area contributed by atoms with Crippen LogP contribution >= 0.6 is 0 Å². The van der Waals surface area contributed by atoms with Gasteiger partial charge in [-0.2, -0.15) is 0 Å². The first-order valence-corrected chi connectivity index (χ1v) is 4.17. The molecule has 0 fully saturated rings. The van der Waals surface area contributed by atoms with E-state index in [2.05, 4.69) is 0 Å². The molecule has 13 heavy (non-hydrogen) atoms. The van der Waals surface area contributed by atoms with Crippen LogP contribution in [0.15, 0.2) is 18.2 Å². The molecule has 0 saturated carbocycles. The van der Waals surface area contributed by atoms with E-state index in [1.54, 1.807) is 13.0 Å². The summed E-state index contributed by atoms with van der Waals surface area (Å²) in [6.07, 6.45) is -1.86. The quantitative estimate of drug-likeness (QED) is 0.741. The first-order chi connectivity index (χ1) is 6.02. The van der Waals surface area contributed by atoms with E-state index in [9.17, 15) is 14.6 Å². The maximum absolute atomic E-state index is 12.9. The highest BCUT2D eigenvalue weighted by atomic mass is 19.1. The second kappa shape index (κ2) is 3.75. The van der Waals surface area contributed by atoms with Crippen LogP contribution in [0.2, 0.25) is 0 Å². The molecule has 2 nitrogen and oxygen atoms in total. The van der Waals surface area contributed by atoms with Crippen LogP contribution in [0.5, 0.6) is 5.75 Å². The zero-order chi connectivity index (χ0) is 10.0. The number of benzene rings is 1. The summed E-state index contributed by atoms with van der Waals surface area (Å²) in [7, 11) is 0. The molecule has 0 bridgehead atoms. The predicted octanol–water partition coefficient (Wildman–Crippen LogP) is 2.48. The van der Waals surface area contributed by atoms with Crippen LogP contribution in [-0.4, -0.2) is 10.2 Å². The van der Waals surface area contributed by atoms with Gasteiger partial charge in [0.1, 0.15) is 11.9 Å². The molecule has 1 aromatic carbocycles. The predicted molar refractivity (Wildman–Crippen MR) is 48.3 cm³/mol. The smallest absolute Gasteiger partial charge is 0.126 e. The summed E-state index contributed by atoms with van der Waals surface area (Å²) in [5, 5.41) is 18.5. The zero-order valence-electron chi connectivity index (χ0n) is 7.66. The highest BCUT2D eigenvalue weighted by Crippen LogP contribution is 2.29. The SMILES string of the molecule is CC(O)c1ccc(O)c(C(C)F)c1. The van der Waals surface area contributed by atoms with Gasteiger partial charge in [-0.05, 0) is 31.5 Å². The molecule has 0 aliphatic carbocycles. The van der Waals surface area contributed by atoms with Crippen molar-refractivity contribution in [2.24, 2.45) is 0 Å². The summed E-state index contributed by atoms with van der Waals surface area (Å²) in [6, 6.07) is 4.45. The second-order valence-electron chi connectivity index (χ2n) is 3.11. The highest BCUT2D eigenvalue weighted by molar-refractivity contribution is 5.38. The van der Waals surface area contributed by atoms with Crippen molar-refractivity contribution in [1.82, 2.24) is 0 Å². The Hall–Kier alpha value is -1.09. The van der Waals surface area contributed by atoms with Crippen LogP contribution in [-0.2, 0) is 0 Å². The van der Waals surface area contributed by atoms with Crippen LogP contribution in [0.3, 0.4) is 0 Å². The van der Waals surface area contributed by atoms with Crippen molar-refractivity contribution in [3.8, 4) is 5.75 Å². The Balaban J connectivity index is 3.11. The van der Waals surface area contributed by atoms with Crippen molar-refractivity contribution in [3.05, 3.63) is 29.3 Å². The number of aromatic hydroxyl groups is 1. The second-order valence-corrected chi connectivity index (χ2v) is 3.11. The van der Waals surface area contributed by atoms with E-state index >= 15 is 0 Å². The maximum atomic E-state index is 12.9. The molecule has 1 rings (SSSR count). The molecule has 0 heterocycles. The van der Waals surface area contributed by atoms with E-state index in [0.717, 1.165) is 0 Å². The highest BCUT2D eigenvalue weighted by Gasteiger charge is 2.11. The van der Waals surface area contributed by atoms with E-state index in [-0.39, 0.29) is 11.3 Å². The molecule has 0 aromatic heterocycles. The Kier molecular flexibility index (Phi) is 2.88. The molecule has 2 N–H and O–H groups in total. The molecule has 1 aromatic rings. The molecule has 3 heteroatoms. The van der Waals surface area contributed by atoms with E-state index in [0.29, 0.717) is 5.56 Å². The van der Waals surface area contributed by atoms with E-state index in [1.807, 2.05) is 0 Å². The lowest BCUT2D eigenvalue weighted by molar-refractivity contribution is 0.199. The lowest BCUT2D eigenvalue weighted by Gasteiger charge is -2.10. The van der Waals surface area contributed by atoms with Gasteiger partial charge in [0.05, 0.1) is 6.10 Å². The number of aliphatic hydroxyl groups excluding tert-OH is 1. The normalized spacial score (nSPS) is 15.4. The number of phenolic OH excluding ortho intramolecular Hbond substituents is 1. The Morgan fingerprint density at radius 3 is 2.38 bits per heavy atom. The first-order valence-electron chi connectivity index (χ1n) is 4.17. The number of hydrogen-bond donors (Lipinski definition) is 2. The van der Waals surface area contributed by atoms with Crippen molar-refractivity contribution in [3.63, 3.8) is 0 Å². The molecule has 0 radical (unpaired) electrons. The van der Waals surface area contributed by atoms with Crippen molar-refractivity contribution in [2.75, 3.05) is 0 Å². The Bertz CT molecular complexity index is 295. The van der Waals surface area contributed by atoms with Gasteiger partial charge < -0.3 is 10.2 Å². The topological polar surface area (TPSA) is 40.5 Å². The number of phenols is 1. The summed E-state index contributed by atoms with van der Waals surface area (Å²) < 4.78 is 12.9. The average Bonchev–Trinajstić information content (AvgIpc) is 2.04. The molecule has 0 aliphatic heterocycles. The van der Waals surface area contributed by atoms with Gasteiger partial charge in [-0.1, -0.05) is 6.07 Å². The molecule has 2 unspecified atom stereocenters. The van der Waals surface area contributed by atoms with Gasteiger partial charge >= 0.3 is 0 Å². The molecule has 0 spiro atoms. The lowest BCUT2D eigenvalue weighted by Crippen LogP contribution is -1.94.